The van der Waals surface area contributed by atoms with Crippen LogP contribution < -0.4 is 10.2 Å². The van der Waals surface area contributed by atoms with Gasteiger partial charge in [-0.15, -0.1) is 0 Å². The molecular weight excluding hydrogens is 224 g/mol. The molecular formula is C15H22N2O. The first-order valence-corrected chi connectivity index (χ1v) is 6.56. The van der Waals surface area contributed by atoms with Gasteiger partial charge < -0.3 is 10.2 Å². The summed E-state index contributed by atoms with van der Waals surface area (Å²) >= 11 is 0. The number of amides is 1. The SMILES string of the molecule is Cc1ccc(N(C)C(=O)C(C)C2CNC2)cc1C. The van der Waals surface area contributed by atoms with Crippen LogP contribution in [0.25, 0.3) is 0 Å². The lowest BCUT2D eigenvalue weighted by molar-refractivity contribution is -0.123. The largest absolute Gasteiger partial charge is 0.316 e. The number of hydrogen-bond acceptors (Lipinski definition) is 2. The zero-order valence-corrected chi connectivity index (χ0v) is 11.7. The Morgan fingerprint density at radius 2 is 2.00 bits per heavy atom. The Morgan fingerprint density at radius 3 is 2.50 bits per heavy atom. The van der Waals surface area contributed by atoms with Crippen molar-refractivity contribution < 1.29 is 4.79 Å². The molecule has 1 unspecified atom stereocenters. The monoisotopic (exact) mass is 246 g/mol. The Bertz CT molecular complexity index is 452. The van der Waals surface area contributed by atoms with E-state index in [4.69, 9.17) is 0 Å². The summed E-state index contributed by atoms with van der Waals surface area (Å²) in [6.07, 6.45) is 0. The van der Waals surface area contributed by atoms with E-state index in [1.165, 1.54) is 11.1 Å². The lowest BCUT2D eigenvalue weighted by Crippen LogP contribution is -2.50. The molecule has 1 aromatic rings. The van der Waals surface area contributed by atoms with Crippen molar-refractivity contribution in [3.05, 3.63) is 29.3 Å². The van der Waals surface area contributed by atoms with Gasteiger partial charge in [-0.3, -0.25) is 4.79 Å². The summed E-state index contributed by atoms with van der Waals surface area (Å²) < 4.78 is 0. The fraction of sp³-hybridized carbons (Fsp3) is 0.533. The summed E-state index contributed by atoms with van der Waals surface area (Å²) in [6, 6.07) is 6.18. The van der Waals surface area contributed by atoms with Gasteiger partial charge in [0.15, 0.2) is 0 Å². The number of benzene rings is 1. The lowest BCUT2D eigenvalue weighted by Gasteiger charge is -2.34. The van der Waals surface area contributed by atoms with Crippen LogP contribution in [0.4, 0.5) is 5.69 Å². The Hall–Kier alpha value is -1.35. The number of anilines is 1. The number of carbonyl (C=O) groups is 1. The highest BCUT2D eigenvalue weighted by Gasteiger charge is 2.30. The zero-order chi connectivity index (χ0) is 13.3. The van der Waals surface area contributed by atoms with Gasteiger partial charge in [-0.2, -0.15) is 0 Å². The average Bonchev–Trinajstić information content (AvgIpc) is 2.28. The molecule has 1 atom stereocenters. The maximum Gasteiger partial charge on any atom is 0.229 e. The Morgan fingerprint density at radius 1 is 1.33 bits per heavy atom. The first-order chi connectivity index (χ1) is 8.50. The highest BCUT2D eigenvalue weighted by Crippen LogP contribution is 2.23. The number of carbonyl (C=O) groups excluding carboxylic acids is 1. The van der Waals surface area contributed by atoms with Crippen LogP contribution in [0, 0.1) is 25.7 Å². The second-order valence-electron chi connectivity index (χ2n) is 5.37. The lowest BCUT2D eigenvalue weighted by atomic mass is 9.88. The summed E-state index contributed by atoms with van der Waals surface area (Å²) in [5.74, 6) is 0.800. The van der Waals surface area contributed by atoms with Crippen molar-refractivity contribution in [1.82, 2.24) is 5.32 Å². The summed E-state index contributed by atoms with van der Waals surface area (Å²) in [6.45, 7) is 8.13. The maximum atomic E-state index is 12.4. The molecule has 0 radical (unpaired) electrons. The first-order valence-electron chi connectivity index (χ1n) is 6.56. The van der Waals surface area contributed by atoms with E-state index in [1.54, 1.807) is 4.90 Å². The summed E-state index contributed by atoms with van der Waals surface area (Å²) in [5.41, 5.74) is 3.48. The molecule has 1 aromatic carbocycles. The number of hydrogen-bond donors (Lipinski definition) is 1. The van der Waals surface area contributed by atoms with Crippen LogP contribution in [0.3, 0.4) is 0 Å². The van der Waals surface area contributed by atoms with Crippen molar-refractivity contribution in [2.75, 3.05) is 25.0 Å². The van der Waals surface area contributed by atoms with Crippen molar-refractivity contribution >= 4 is 11.6 Å². The molecule has 0 bridgehead atoms. The molecule has 1 saturated heterocycles. The highest BCUT2D eigenvalue weighted by molar-refractivity contribution is 5.94. The fourth-order valence-electron chi connectivity index (χ4n) is 2.23. The van der Waals surface area contributed by atoms with Gasteiger partial charge in [0.2, 0.25) is 5.91 Å². The normalized spacial score (nSPS) is 17.1. The van der Waals surface area contributed by atoms with Crippen LogP contribution >= 0.6 is 0 Å². The molecule has 1 aliphatic heterocycles. The van der Waals surface area contributed by atoms with Gasteiger partial charge in [-0.25, -0.2) is 0 Å². The third kappa shape index (κ3) is 2.41. The van der Waals surface area contributed by atoms with Crippen LogP contribution in [-0.4, -0.2) is 26.0 Å². The molecule has 2 rings (SSSR count). The second-order valence-corrected chi connectivity index (χ2v) is 5.37. The molecule has 3 nitrogen and oxygen atoms in total. The van der Waals surface area contributed by atoms with Crippen LogP contribution in [0.5, 0.6) is 0 Å². The molecule has 0 saturated carbocycles. The van der Waals surface area contributed by atoms with Crippen LogP contribution in [0.2, 0.25) is 0 Å². The molecule has 0 spiro atoms. The van der Waals surface area contributed by atoms with Crippen molar-refractivity contribution in [2.45, 2.75) is 20.8 Å². The fourth-order valence-corrected chi connectivity index (χ4v) is 2.23. The predicted molar refractivity (Wildman–Crippen MR) is 74.8 cm³/mol. The quantitative estimate of drug-likeness (QED) is 0.886. The van der Waals surface area contributed by atoms with Gasteiger partial charge in [0.25, 0.3) is 0 Å². The minimum absolute atomic E-state index is 0.0952. The minimum atomic E-state index is 0.0952. The molecule has 3 heteroatoms. The van der Waals surface area contributed by atoms with Crippen molar-refractivity contribution in [1.29, 1.82) is 0 Å². The summed E-state index contributed by atoms with van der Waals surface area (Å²) in [4.78, 5) is 14.2. The third-order valence-corrected chi connectivity index (χ3v) is 4.12. The van der Waals surface area contributed by atoms with E-state index in [0.717, 1.165) is 18.8 Å². The number of aryl methyl sites for hydroxylation is 2. The van der Waals surface area contributed by atoms with Gasteiger partial charge in [-0.1, -0.05) is 13.0 Å². The van der Waals surface area contributed by atoms with Gasteiger partial charge >= 0.3 is 0 Å². The van der Waals surface area contributed by atoms with Crippen LogP contribution in [0.15, 0.2) is 18.2 Å². The zero-order valence-electron chi connectivity index (χ0n) is 11.7. The summed E-state index contributed by atoms with van der Waals surface area (Å²) in [7, 11) is 1.87. The smallest absolute Gasteiger partial charge is 0.229 e. The first kappa shape index (κ1) is 13.1. The van der Waals surface area contributed by atoms with E-state index >= 15 is 0 Å². The summed E-state index contributed by atoms with van der Waals surface area (Å²) in [5, 5.41) is 3.22. The van der Waals surface area contributed by atoms with Crippen molar-refractivity contribution in [2.24, 2.45) is 11.8 Å². The predicted octanol–water partition coefficient (Wildman–Crippen LogP) is 2.12. The molecule has 18 heavy (non-hydrogen) atoms. The number of nitrogens with zero attached hydrogens (tertiary/aromatic N) is 1. The molecule has 1 fully saturated rings. The Kier molecular flexibility index (Phi) is 3.71. The average molecular weight is 246 g/mol. The van der Waals surface area contributed by atoms with E-state index in [9.17, 15) is 4.79 Å². The van der Waals surface area contributed by atoms with Gasteiger partial charge in [0.05, 0.1) is 0 Å². The number of nitrogens with one attached hydrogen (secondary N) is 1. The molecule has 0 aliphatic carbocycles. The molecule has 1 aliphatic rings. The molecule has 0 aromatic heterocycles. The minimum Gasteiger partial charge on any atom is -0.316 e. The molecule has 1 heterocycles. The van der Waals surface area contributed by atoms with E-state index < -0.39 is 0 Å². The van der Waals surface area contributed by atoms with Crippen LogP contribution in [-0.2, 0) is 4.79 Å². The van der Waals surface area contributed by atoms with Gasteiger partial charge in [-0.05, 0) is 56.1 Å². The highest BCUT2D eigenvalue weighted by atomic mass is 16.2. The van der Waals surface area contributed by atoms with Gasteiger partial charge in [0.1, 0.15) is 0 Å². The van der Waals surface area contributed by atoms with E-state index in [1.807, 2.05) is 20.0 Å². The Labute approximate surface area is 109 Å². The third-order valence-electron chi connectivity index (χ3n) is 4.12. The molecule has 1 amide bonds. The number of rotatable bonds is 3. The van der Waals surface area contributed by atoms with Crippen molar-refractivity contribution in [3.63, 3.8) is 0 Å². The van der Waals surface area contributed by atoms with E-state index in [0.29, 0.717) is 5.92 Å². The van der Waals surface area contributed by atoms with Crippen molar-refractivity contribution in [3.8, 4) is 0 Å². The topological polar surface area (TPSA) is 32.3 Å². The Balaban J connectivity index is 2.11. The standard InChI is InChI=1S/C15H22N2O/c1-10-5-6-14(7-11(10)2)17(4)15(18)12(3)13-8-16-9-13/h5-7,12-13,16H,8-9H2,1-4H3. The second kappa shape index (κ2) is 5.11. The van der Waals surface area contributed by atoms with Gasteiger partial charge in [0, 0.05) is 18.7 Å². The van der Waals surface area contributed by atoms with E-state index in [-0.39, 0.29) is 11.8 Å². The maximum absolute atomic E-state index is 12.4. The van der Waals surface area contributed by atoms with Crippen LogP contribution in [0.1, 0.15) is 18.1 Å². The van der Waals surface area contributed by atoms with E-state index in [2.05, 4.69) is 31.3 Å². The molecule has 1 N–H and O–H groups in total. The molecule has 98 valence electrons.